The number of amides is 3. The molecule has 1 saturated heterocycles. The molecule has 0 aliphatic carbocycles. The van der Waals surface area contributed by atoms with Gasteiger partial charge in [-0.2, -0.15) is 0 Å². The number of carbonyl (C=O) groups is 2. The van der Waals surface area contributed by atoms with E-state index >= 15 is 0 Å². The van der Waals surface area contributed by atoms with E-state index in [0.717, 1.165) is 30.9 Å². The van der Waals surface area contributed by atoms with Crippen LogP contribution in [0.2, 0.25) is 0 Å². The van der Waals surface area contributed by atoms with Crippen molar-refractivity contribution in [2.24, 2.45) is 0 Å². The molecule has 27 heavy (non-hydrogen) atoms. The number of rotatable bonds is 5. The number of methoxy groups -OCH3 is 1. The van der Waals surface area contributed by atoms with Crippen LogP contribution >= 0.6 is 0 Å². The second-order valence-corrected chi connectivity index (χ2v) is 7.33. The molecule has 7 heteroatoms. The number of benzene rings is 1. The van der Waals surface area contributed by atoms with E-state index in [1.54, 1.807) is 7.11 Å². The first-order valence-corrected chi connectivity index (χ1v) is 9.62. The summed E-state index contributed by atoms with van der Waals surface area (Å²) >= 11 is 0. The van der Waals surface area contributed by atoms with Crippen molar-refractivity contribution in [3.05, 3.63) is 41.1 Å². The van der Waals surface area contributed by atoms with Crippen LogP contribution < -0.4 is 15.4 Å². The minimum absolute atomic E-state index is 0.00216. The van der Waals surface area contributed by atoms with Crippen LogP contribution in [0.15, 0.2) is 35.5 Å². The van der Waals surface area contributed by atoms with Gasteiger partial charge in [0, 0.05) is 13.1 Å². The topological polar surface area (TPSA) is 73.9 Å². The predicted octanol–water partition coefficient (Wildman–Crippen LogP) is 1.63. The average molecular weight is 370 g/mol. The molecule has 0 unspecified atom stereocenters. The number of hydrogen-bond acceptors (Lipinski definition) is 4. The molecule has 4 rings (SSSR count). The molecule has 0 bridgehead atoms. The number of ether oxygens (including phenoxy) is 1. The van der Waals surface area contributed by atoms with Gasteiger partial charge in [-0.15, -0.1) is 0 Å². The quantitative estimate of drug-likeness (QED) is 0.826. The molecule has 3 amide bonds. The Balaban J connectivity index is 1.51. The van der Waals surface area contributed by atoms with Crippen molar-refractivity contribution in [1.29, 1.82) is 0 Å². The predicted molar refractivity (Wildman–Crippen MR) is 101 cm³/mol. The lowest BCUT2D eigenvalue weighted by atomic mass is 9.96. The van der Waals surface area contributed by atoms with Crippen LogP contribution in [0, 0.1) is 0 Å². The summed E-state index contributed by atoms with van der Waals surface area (Å²) in [5.41, 5.74) is 2.21. The van der Waals surface area contributed by atoms with Crippen molar-refractivity contribution in [2.75, 3.05) is 39.8 Å². The van der Waals surface area contributed by atoms with E-state index in [4.69, 9.17) is 4.74 Å². The molecular formula is C20H26N4O3. The zero-order chi connectivity index (χ0) is 18.8. The van der Waals surface area contributed by atoms with E-state index in [-0.39, 0.29) is 11.9 Å². The van der Waals surface area contributed by atoms with Gasteiger partial charge in [0.15, 0.2) is 0 Å². The molecule has 0 saturated carbocycles. The Hall–Kier alpha value is -2.54. The van der Waals surface area contributed by atoms with Crippen molar-refractivity contribution >= 4 is 11.9 Å². The zero-order valence-corrected chi connectivity index (χ0v) is 15.7. The highest BCUT2D eigenvalue weighted by Gasteiger charge is 2.40. The van der Waals surface area contributed by atoms with Crippen molar-refractivity contribution in [1.82, 2.24) is 20.4 Å². The van der Waals surface area contributed by atoms with Crippen LogP contribution in [-0.4, -0.2) is 61.6 Å². The highest BCUT2D eigenvalue weighted by molar-refractivity contribution is 6.01. The molecule has 1 aromatic carbocycles. The molecule has 1 aromatic rings. The molecule has 144 valence electrons. The van der Waals surface area contributed by atoms with Crippen LogP contribution in [0.5, 0.6) is 5.75 Å². The van der Waals surface area contributed by atoms with Gasteiger partial charge in [-0.1, -0.05) is 18.6 Å². The van der Waals surface area contributed by atoms with Crippen LogP contribution in [0.4, 0.5) is 4.79 Å². The van der Waals surface area contributed by atoms with Crippen molar-refractivity contribution in [3.63, 3.8) is 0 Å². The van der Waals surface area contributed by atoms with E-state index in [1.807, 2.05) is 29.2 Å². The first-order chi connectivity index (χ1) is 13.2. The summed E-state index contributed by atoms with van der Waals surface area (Å²) in [6, 6.07) is 6.78. The second kappa shape index (κ2) is 7.60. The Kier molecular flexibility index (Phi) is 5.03. The Morgan fingerprint density at radius 1 is 1.15 bits per heavy atom. The van der Waals surface area contributed by atoms with E-state index < -0.39 is 6.04 Å². The smallest absolute Gasteiger partial charge is 0.319 e. The van der Waals surface area contributed by atoms with Gasteiger partial charge < -0.3 is 25.2 Å². The minimum Gasteiger partial charge on any atom is -0.497 e. The standard InChI is InChI=1S/C20H26N4O3/c1-27-15-7-5-6-14(12-15)18-17-16(21-20(26)22-18)13-24(19(17)25)11-10-23-8-3-2-4-9-23/h5-7,12,18H,2-4,8-11,13H2,1H3,(H2,21,22,26)/t18-/m1/s1. The molecule has 7 nitrogen and oxygen atoms in total. The van der Waals surface area contributed by atoms with Gasteiger partial charge in [-0.3, -0.25) is 4.79 Å². The molecule has 0 spiro atoms. The Morgan fingerprint density at radius 3 is 2.74 bits per heavy atom. The largest absolute Gasteiger partial charge is 0.497 e. The van der Waals surface area contributed by atoms with E-state index in [9.17, 15) is 9.59 Å². The summed E-state index contributed by atoms with van der Waals surface area (Å²) < 4.78 is 5.29. The van der Waals surface area contributed by atoms with Gasteiger partial charge in [-0.05, 0) is 43.6 Å². The highest BCUT2D eigenvalue weighted by atomic mass is 16.5. The lowest BCUT2D eigenvalue weighted by Crippen LogP contribution is -2.44. The molecule has 0 radical (unpaired) electrons. The van der Waals surface area contributed by atoms with E-state index in [1.165, 1.54) is 19.3 Å². The van der Waals surface area contributed by atoms with Crippen LogP contribution in [0.1, 0.15) is 30.9 Å². The molecule has 3 heterocycles. The Bertz CT molecular complexity index is 770. The molecule has 2 N–H and O–H groups in total. The highest BCUT2D eigenvalue weighted by Crippen LogP contribution is 2.33. The first kappa shape index (κ1) is 17.9. The summed E-state index contributed by atoms with van der Waals surface area (Å²) in [5, 5.41) is 5.72. The van der Waals surface area contributed by atoms with Gasteiger partial charge in [0.25, 0.3) is 5.91 Å². The molecule has 3 aliphatic rings. The maximum absolute atomic E-state index is 13.1. The second-order valence-electron chi connectivity index (χ2n) is 7.33. The fourth-order valence-corrected chi connectivity index (χ4v) is 4.13. The number of carbonyl (C=O) groups excluding carboxylic acids is 2. The molecule has 1 fully saturated rings. The summed E-state index contributed by atoms with van der Waals surface area (Å²) in [5.74, 6) is 0.706. The van der Waals surface area contributed by atoms with E-state index in [2.05, 4.69) is 15.5 Å². The molecular weight excluding hydrogens is 344 g/mol. The van der Waals surface area contributed by atoms with Crippen molar-refractivity contribution in [2.45, 2.75) is 25.3 Å². The normalized spacial score (nSPS) is 23.1. The molecule has 0 aromatic heterocycles. The lowest BCUT2D eigenvalue weighted by Gasteiger charge is -2.28. The fourth-order valence-electron chi connectivity index (χ4n) is 4.13. The first-order valence-electron chi connectivity index (χ1n) is 9.62. The third-order valence-corrected chi connectivity index (χ3v) is 5.58. The number of likely N-dealkylation sites (tertiary alicyclic amines) is 1. The van der Waals surface area contributed by atoms with E-state index in [0.29, 0.717) is 24.4 Å². The summed E-state index contributed by atoms with van der Waals surface area (Å²) in [4.78, 5) is 29.5. The average Bonchev–Trinajstić information content (AvgIpc) is 3.02. The van der Waals surface area contributed by atoms with Gasteiger partial charge in [0.05, 0.1) is 31.0 Å². The number of urea groups is 1. The summed E-state index contributed by atoms with van der Waals surface area (Å²) in [6.45, 7) is 4.26. The van der Waals surface area contributed by atoms with Crippen LogP contribution in [0.3, 0.4) is 0 Å². The fraction of sp³-hybridized carbons (Fsp3) is 0.500. The van der Waals surface area contributed by atoms with Gasteiger partial charge in [0.1, 0.15) is 5.75 Å². The van der Waals surface area contributed by atoms with Gasteiger partial charge in [0.2, 0.25) is 0 Å². The maximum Gasteiger partial charge on any atom is 0.319 e. The Morgan fingerprint density at radius 2 is 1.96 bits per heavy atom. The van der Waals surface area contributed by atoms with Crippen LogP contribution in [0.25, 0.3) is 0 Å². The number of piperidine rings is 1. The zero-order valence-electron chi connectivity index (χ0n) is 15.7. The van der Waals surface area contributed by atoms with Gasteiger partial charge in [-0.25, -0.2) is 4.79 Å². The van der Waals surface area contributed by atoms with Crippen molar-refractivity contribution in [3.8, 4) is 5.75 Å². The third-order valence-electron chi connectivity index (χ3n) is 5.58. The minimum atomic E-state index is -0.448. The van der Waals surface area contributed by atoms with Gasteiger partial charge >= 0.3 is 6.03 Å². The maximum atomic E-state index is 13.1. The number of hydrogen-bond donors (Lipinski definition) is 2. The third kappa shape index (κ3) is 3.64. The monoisotopic (exact) mass is 370 g/mol. The van der Waals surface area contributed by atoms with Crippen molar-refractivity contribution < 1.29 is 14.3 Å². The summed E-state index contributed by atoms with van der Waals surface area (Å²) in [7, 11) is 1.61. The number of nitrogens with zero attached hydrogens (tertiary/aromatic N) is 2. The lowest BCUT2D eigenvalue weighted by molar-refractivity contribution is -0.126. The number of nitrogens with one attached hydrogen (secondary N) is 2. The SMILES string of the molecule is COc1cccc([C@H]2NC(=O)NC3=C2C(=O)N(CCN2CCCCC2)C3)c1. The summed E-state index contributed by atoms with van der Waals surface area (Å²) in [6.07, 6.45) is 3.77. The molecule has 1 atom stereocenters. The van der Waals surface area contributed by atoms with Crippen LogP contribution in [-0.2, 0) is 4.79 Å². The molecule has 3 aliphatic heterocycles. The Labute approximate surface area is 159 Å².